The Morgan fingerprint density at radius 3 is 2.80 bits per heavy atom. The van der Waals surface area contributed by atoms with Crippen molar-refractivity contribution in [2.75, 3.05) is 6.54 Å². The van der Waals surface area contributed by atoms with Gasteiger partial charge in [0.25, 0.3) is 0 Å². The van der Waals surface area contributed by atoms with E-state index in [4.69, 9.17) is 11.6 Å². The maximum Gasteiger partial charge on any atom is 0.131 e. The molecular weight excluding hydrogens is 274 g/mol. The van der Waals surface area contributed by atoms with Gasteiger partial charge in [-0.2, -0.15) is 5.10 Å². The zero-order chi connectivity index (χ0) is 14.3. The van der Waals surface area contributed by atoms with Gasteiger partial charge in [0.2, 0.25) is 0 Å². The van der Waals surface area contributed by atoms with Crippen LogP contribution >= 0.6 is 11.6 Å². The Balaban J connectivity index is 1.87. The van der Waals surface area contributed by atoms with Gasteiger partial charge in [0.1, 0.15) is 11.0 Å². The molecule has 20 heavy (non-hydrogen) atoms. The molecule has 0 radical (unpaired) electrons. The van der Waals surface area contributed by atoms with E-state index < -0.39 is 0 Å². The predicted octanol–water partition coefficient (Wildman–Crippen LogP) is 2.45. The fraction of sp³-hybridized carbons (Fsp3) is 0.571. The minimum atomic E-state index is 0.355. The van der Waals surface area contributed by atoms with Gasteiger partial charge in [-0.25, -0.2) is 4.98 Å². The first-order valence-corrected chi connectivity index (χ1v) is 7.35. The van der Waals surface area contributed by atoms with Crippen LogP contribution in [0.5, 0.6) is 0 Å². The van der Waals surface area contributed by atoms with Crippen LogP contribution in [0, 0.1) is 6.92 Å². The number of likely N-dealkylation sites (tertiary alicyclic amines) is 1. The second-order valence-electron chi connectivity index (χ2n) is 5.50. The Morgan fingerprint density at radius 1 is 1.40 bits per heavy atom. The van der Waals surface area contributed by atoms with Gasteiger partial charge in [-0.05, 0) is 26.3 Å². The Bertz CT molecular complexity index is 615. The minimum absolute atomic E-state index is 0.355. The molecule has 0 amide bonds. The van der Waals surface area contributed by atoms with Gasteiger partial charge in [0.05, 0.1) is 12.2 Å². The Kier molecular flexibility index (Phi) is 3.56. The molecule has 3 rings (SSSR count). The van der Waals surface area contributed by atoms with E-state index in [1.165, 1.54) is 12.0 Å². The van der Waals surface area contributed by atoms with E-state index in [9.17, 15) is 0 Å². The lowest BCUT2D eigenvalue weighted by atomic mass is 10.1. The molecule has 0 N–H and O–H groups in total. The van der Waals surface area contributed by atoms with Crippen LogP contribution in [0.3, 0.4) is 0 Å². The molecule has 0 aromatic carbocycles. The van der Waals surface area contributed by atoms with Crippen molar-refractivity contribution in [1.82, 2.24) is 24.2 Å². The monoisotopic (exact) mass is 293 g/mol. The lowest BCUT2D eigenvalue weighted by molar-refractivity contribution is 0.239. The summed E-state index contributed by atoms with van der Waals surface area (Å²) in [6.45, 7) is 3.99. The van der Waals surface area contributed by atoms with Crippen molar-refractivity contribution in [3.63, 3.8) is 0 Å². The summed E-state index contributed by atoms with van der Waals surface area (Å²) in [5.41, 5.74) is 2.22. The van der Waals surface area contributed by atoms with Crippen LogP contribution in [0.4, 0.5) is 0 Å². The number of halogens is 1. The molecule has 0 saturated carbocycles. The smallest absolute Gasteiger partial charge is 0.131 e. The molecule has 1 saturated heterocycles. The molecule has 1 aliphatic rings. The first-order chi connectivity index (χ1) is 9.58. The van der Waals surface area contributed by atoms with E-state index in [1.54, 1.807) is 4.68 Å². The standard InChI is InChI=1S/C14H20ClN5/c1-10-13(14(15)19(3)17-10)11-5-4-7-20(11)9-12-16-6-8-18(12)2/h6,8,11H,4-5,7,9H2,1-3H3/t11-/m0/s1. The second kappa shape index (κ2) is 5.22. The summed E-state index contributed by atoms with van der Waals surface area (Å²) in [6, 6.07) is 0.355. The van der Waals surface area contributed by atoms with Crippen molar-refractivity contribution in [1.29, 1.82) is 0 Å². The summed E-state index contributed by atoms with van der Waals surface area (Å²) in [5, 5.41) is 5.20. The Hall–Kier alpha value is -1.33. The van der Waals surface area contributed by atoms with Crippen LogP contribution in [0.1, 0.15) is 36.0 Å². The molecule has 6 heteroatoms. The molecular formula is C14H20ClN5. The van der Waals surface area contributed by atoms with E-state index in [0.29, 0.717) is 6.04 Å². The maximum absolute atomic E-state index is 6.43. The molecule has 0 bridgehead atoms. The first kappa shape index (κ1) is 13.6. The molecule has 2 aromatic heterocycles. The number of hydrogen-bond donors (Lipinski definition) is 0. The van der Waals surface area contributed by atoms with E-state index in [2.05, 4.69) is 19.5 Å². The quantitative estimate of drug-likeness (QED) is 0.872. The predicted molar refractivity (Wildman–Crippen MR) is 78.5 cm³/mol. The normalized spacial score (nSPS) is 19.9. The van der Waals surface area contributed by atoms with Crippen molar-refractivity contribution in [2.24, 2.45) is 14.1 Å². The van der Waals surface area contributed by atoms with Crippen LogP contribution in [0.15, 0.2) is 12.4 Å². The van der Waals surface area contributed by atoms with E-state index in [1.807, 2.05) is 33.4 Å². The first-order valence-electron chi connectivity index (χ1n) is 6.97. The van der Waals surface area contributed by atoms with E-state index in [0.717, 1.165) is 36.2 Å². The third kappa shape index (κ3) is 2.25. The highest BCUT2D eigenvalue weighted by molar-refractivity contribution is 6.30. The molecule has 0 unspecified atom stereocenters. The fourth-order valence-corrected chi connectivity index (χ4v) is 3.40. The number of rotatable bonds is 3. The van der Waals surface area contributed by atoms with E-state index in [-0.39, 0.29) is 0 Å². The van der Waals surface area contributed by atoms with Crippen LogP contribution in [0.25, 0.3) is 0 Å². The van der Waals surface area contributed by atoms with Gasteiger partial charge >= 0.3 is 0 Å². The zero-order valence-electron chi connectivity index (χ0n) is 12.2. The maximum atomic E-state index is 6.43. The van der Waals surface area contributed by atoms with Crippen molar-refractivity contribution in [3.8, 4) is 0 Å². The Morgan fingerprint density at radius 2 is 2.20 bits per heavy atom. The number of hydrogen-bond acceptors (Lipinski definition) is 3. The van der Waals surface area contributed by atoms with Gasteiger partial charge in [-0.15, -0.1) is 0 Å². The lowest BCUT2D eigenvalue weighted by Gasteiger charge is -2.24. The van der Waals surface area contributed by atoms with E-state index >= 15 is 0 Å². The second-order valence-corrected chi connectivity index (χ2v) is 5.85. The van der Waals surface area contributed by atoms with Crippen LogP contribution in [-0.4, -0.2) is 30.8 Å². The molecule has 2 aromatic rings. The fourth-order valence-electron chi connectivity index (χ4n) is 3.10. The number of aryl methyl sites for hydroxylation is 3. The molecule has 1 aliphatic heterocycles. The van der Waals surface area contributed by atoms with Gasteiger partial charge in [-0.3, -0.25) is 9.58 Å². The van der Waals surface area contributed by atoms with Gasteiger partial charge < -0.3 is 4.57 Å². The SMILES string of the molecule is Cc1nn(C)c(Cl)c1[C@@H]1CCCN1Cc1nccn1C. The molecule has 0 spiro atoms. The van der Waals surface area contributed by atoms with Crippen molar-refractivity contribution >= 4 is 11.6 Å². The summed E-state index contributed by atoms with van der Waals surface area (Å²) in [6.07, 6.45) is 6.17. The zero-order valence-corrected chi connectivity index (χ0v) is 12.9. The topological polar surface area (TPSA) is 38.9 Å². The molecule has 1 fully saturated rings. The van der Waals surface area contributed by atoms with Crippen molar-refractivity contribution in [2.45, 2.75) is 32.4 Å². The lowest BCUT2D eigenvalue weighted by Crippen LogP contribution is -2.24. The van der Waals surface area contributed by atoms with Gasteiger partial charge in [0, 0.05) is 38.1 Å². The molecule has 5 nitrogen and oxygen atoms in total. The molecule has 108 valence electrons. The number of aromatic nitrogens is 4. The van der Waals surface area contributed by atoms with Crippen molar-refractivity contribution in [3.05, 3.63) is 34.6 Å². The van der Waals surface area contributed by atoms with Crippen LogP contribution in [0.2, 0.25) is 5.15 Å². The minimum Gasteiger partial charge on any atom is -0.337 e. The average Bonchev–Trinajstić information content (AvgIpc) is 3.06. The summed E-state index contributed by atoms with van der Waals surface area (Å²) < 4.78 is 3.84. The number of nitrogens with zero attached hydrogens (tertiary/aromatic N) is 5. The number of imidazole rings is 1. The third-order valence-corrected chi connectivity index (χ3v) is 4.61. The summed E-state index contributed by atoms with van der Waals surface area (Å²) in [5.74, 6) is 1.09. The summed E-state index contributed by atoms with van der Waals surface area (Å²) >= 11 is 6.43. The third-order valence-electron chi connectivity index (χ3n) is 4.16. The summed E-state index contributed by atoms with van der Waals surface area (Å²) in [4.78, 5) is 6.88. The van der Waals surface area contributed by atoms with Crippen molar-refractivity contribution < 1.29 is 0 Å². The highest BCUT2D eigenvalue weighted by Gasteiger charge is 2.31. The highest BCUT2D eigenvalue weighted by Crippen LogP contribution is 2.38. The Labute approximate surface area is 124 Å². The molecule has 0 aliphatic carbocycles. The molecule has 3 heterocycles. The average molecular weight is 294 g/mol. The van der Waals surface area contributed by atoms with Gasteiger partial charge in [-0.1, -0.05) is 11.6 Å². The van der Waals surface area contributed by atoms with Crippen LogP contribution < -0.4 is 0 Å². The van der Waals surface area contributed by atoms with Gasteiger partial charge in [0.15, 0.2) is 0 Å². The molecule has 1 atom stereocenters. The van der Waals surface area contributed by atoms with Crippen LogP contribution in [-0.2, 0) is 20.6 Å². The largest absolute Gasteiger partial charge is 0.337 e. The highest BCUT2D eigenvalue weighted by atomic mass is 35.5. The summed E-state index contributed by atoms with van der Waals surface area (Å²) in [7, 11) is 3.94.